The molecular formula is C17H23BrO3. The van der Waals surface area contributed by atoms with Gasteiger partial charge >= 0.3 is 5.97 Å². The fourth-order valence-electron chi connectivity index (χ4n) is 2.90. The number of rotatable bonds is 7. The number of carbonyl (C=O) groups excluding carboxylic acids is 1. The van der Waals surface area contributed by atoms with Crippen LogP contribution in [0.2, 0.25) is 0 Å². The molecule has 0 radical (unpaired) electrons. The first-order valence-electron chi connectivity index (χ1n) is 7.41. The molecule has 1 saturated carbocycles. The van der Waals surface area contributed by atoms with E-state index in [-0.39, 0.29) is 18.0 Å². The maximum absolute atomic E-state index is 12.3. The number of ether oxygens (including phenoxy) is 1. The molecule has 1 aliphatic carbocycles. The average molecular weight is 355 g/mol. The van der Waals surface area contributed by atoms with Crippen LogP contribution in [0.1, 0.15) is 44.6 Å². The molecule has 116 valence electrons. The second kappa shape index (κ2) is 6.49. The highest BCUT2D eigenvalue weighted by molar-refractivity contribution is 9.10. The number of carbonyl (C=O) groups is 1. The van der Waals surface area contributed by atoms with E-state index in [9.17, 15) is 9.90 Å². The van der Waals surface area contributed by atoms with Gasteiger partial charge in [0.05, 0.1) is 12.5 Å². The number of halogens is 1. The Labute approximate surface area is 134 Å². The molecule has 3 nitrogen and oxygen atoms in total. The van der Waals surface area contributed by atoms with E-state index in [1.165, 1.54) is 7.11 Å². The van der Waals surface area contributed by atoms with Crippen LogP contribution in [0.3, 0.4) is 0 Å². The summed E-state index contributed by atoms with van der Waals surface area (Å²) in [6, 6.07) is 7.85. The van der Waals surface area contributed by atoms with Gasteiger partial charge in [0.2, 0.25) is 0 Å². The maximum atomic E-state index is 12.3. The molecule has 0 amide bonds. The van der Waals surface area contributed by atoms with E-state index in [0.29, 0.717) is 0 Å². The quantitative estimate of drug-likeness (QED) is 0.757. The number of aliphatic hydroxyl groups excluding tert-OH is 1. The number of aliphatic hydroxyl groups is 1. The molecule has 2 rings (SSSR count). The minimum atomic E-state index is -0.635. The topological polar surface area (TPSA) is 46.5 Å². The summed E-state index contributed by atoms with van der Waals surface area (Å²) >= 11 is 3.46. The summed E-state index contributed by atoms with van der Waals surface area (Å²) in [4.78, 5) is 12.3. The second-order valence-electron chi connectivity index (χ2n) is 6.35. The van der Waals surface area contributed by atoms with Gasteiger partial charge in [-0.05, 0) is 55.7 Å². The number of benzene rings is 1. The van der Waals surface area contributed by atoms with Crippen LogP contribution in [-0.2, 0) is 14.9 Å². The van der Waals surface area contributed by atoms with Crippen LogP contribution in [0.25, 0.3) is 0 Å². The van der Waals surface area contributed by atoms with Crippen LogP contribution in [0.4, 0.5) is 0 Å². The number of hydrogen-bond donors (Lipinski definition) is 1. The Kier molecular flexibility index (Phi) is 5.10. The van der Waals surface area contributed by atoms with E-state index in [4.69, 9.17) is 4.74 Å². The molecule has 0 aliphatic heterocycles. The Morgan fingerprint density at radius 2 is 2.19 bits per heavy atom. The largest absolute Gasteiger partial charge is 0.468 e. The van der Waals surface area contributed by atoms with Crippen molar-refractivity contribution in [2.45, 2.75) is 44.4 Å². The van der Waals surface area contributed by atoms with Crippen molar-refractivity contribution in [3.8, 4) is 0 Å². The van der Waals surface area contributed by atoms with Gasteiger partial charge in [-0.3, -0.25) is 4.79 Å². The lowest BCUT2D eigenvalue weighted by Crippen LogP contribution is -2.34. The second-order valence-corrected chi connectivity index (χ2v) is 7.26. The Morgan fingerprint density at radius 3 is 2.71 bits per heavy atom. The van der Waals surface area contributed by atoms with E-state index in [2.05, 4.69) is 15.9 Å². The highest BCUT2D eigenvalue weighted by Crippen LogP contribution is 2.50. The molecule has 1 atom stereocenters. The third-order valence-corrected chi connectivity index (χ3v) is 5.27. The van der Waals surface area contributed by atoms with Gasteiger partial charge in [0.25, 0.3) is 0 Å². The first-order chi connectivity index (χ1) is 9.96. The van der Waals surface area contributed by atoms with Crippen LogP contribution in [0, 0.1) is 5.41 Å². The molecule has 0 heterocycles. The van der Waals surface area contributed by atoms with Crippen molar-refractivity contribution in [1.29, 1.82) is 0 Å². The molecule has 1 fully saturated rings. The van der Waals surface area contributed by atoms with Gasteiger partial charge < -0.3 is 9.84 Å². The molecule has 1 unspecified atom stereocenters. The molecule has 0 spiro atoms. The maximum Gasteiger partial charge on any atom is 0.315 e. The minimum absolute atomic E-state index is 0.133. The average Bonchev–Trinajstić information content (AvgIpc) is 3.26. The Hall–Kier alpha value is -0.870. The number of hydrogen-bond acceptors (Lipinski definition) is 3. The van der Waals surface area contributed by atoms with E-state index in [0.717, 1.165) is 42.1 Å². The Morgan fingerprint density at radius 1 is 1.48 bits per heavy atom. The summed E-state index contributed by atoms with van der Waals surface area (Å²) in [6.07, 6.45) is 4.84. The third-order valence-electron chi connectivity index (χ3n) is 4.77. The lowest BCUT2D eigenvalue weighted by Gasteiger charge is -2.28. The molecule has 1 N–H and O–H groups in total. The molecule has 0 saturated heterocycles. The Bertz CT molecular complexity index is 511. The van der Waals surface area contributed by atoms with Crippen molar-refractivity contribution in [3.05, 3.63) is 34.3 Å². The molecule has 1 aromatic rings. The van der Waals surface area contributed by atoms with Crippen molar-refractivity contribution in [3.63, 3.8) is 0 Å². The van der Waals surface area contributed by atoms with Gasteiger partial charge in [-0.1, -0.05) is 34.5 Å². The first-order valence-corrected chi connectivity index (χ1v) is 8.20. The highest BCUT2D eigenvalue weighted by Gasteiger charge is 2.43. The summed E-state index contributed by atoms with van der Waals surface area (Å²) in [5.41, 5.74) is 0.468. The zero-order valence-electron chi connectivity index (χ0n) is 12.7. The molecule has 4 heteroatoms. The predicted molar refractivity (Wildman–Crippen MR) is 86.1 cm³/mol. The summed E-state index contributed by atoms with van der Waals surface area (Å²) < 4.78 is 5.99. The van der Waals surface area contributed by atoms with Gasteiger partial charge in [0, 0.05) is 11.1 Å². The summed E-state index contributed by atoms with van der Waals surface area (Å²) in [6.45, 7) is 2.21. The lowest BCUT2D eigenvalue weighted by molar-refractivity contribution is -0.147. The van der Waals surface area contributed by atoms with Crippen LogP contribution in [0.5, 0.6) is 0 Å². The van der Waals surface area contributed by atoms with Crippen LogP contribution in [-0.4, -0.2) is 24.8 Å². The van der Waals surface area contributed by atoms with Crippen LogP contribution in [0.15, 0.2) is 28.7 Å². The molecule has 1 aliphatic rings. The van der Waals surface area contributed by atoms with Gasteiger partial charge in [0.15, 0.2) is 0 Å². The van der Waals surface area contributed by atoms with Crippen molar-refractivity contribution < 1.29 is 14.6 Å². The molecular weight excluding hydrogens is 332 g/mol. The zero-order valence-corrected chi connectivity index (χ0v) is 14.3. The monoisotopic (exact) mass is 354 g/mol. The molecule has 21 heavy (non-hydrogen) atoms. The van der Waals surface area contributed by atoms with Gasteiger partial charge in [-0.25, -0.2) is 0 Å². The van der Waals surface area contributed by atoms with Crippen molar-refractivity contribution in [2.24, 2.45) is 5.41 Å². The summed E-state index contributed by atoms with van der Waals surface area (Å²) in [5.74, 6) is -0.200. The van der Waals surface area contributed by atoms with Gasteiger partial charge in [-0.15, -0.1) is 0 Å². The van der Waals surface area contributed by atoms with Crippen LogP contribution < -0.4 is 0 Å². The smallest absolute Gasteiger partial charge is 0.315 e. The van der Waals surface area contributed by atoms with Crippen molar-refractivity contribution in [2.75, 3.05) is 13.7 Å². The fraction of sp³-hybridized carbons (Fsp3) is 0.588. The van der Waals surface area contributed by atoms with Crippen molar-refractivity contribution in [1.82, 2.24) is 0 Å². The molecule has 1 aromatic carbocycles. The fourth-order valence-corrected chi connectivity index (χ4v) is 3.30. The first kappa shape index (κ1) is 16.5. The van der Waals surface area contributed by atoms with E-state index < -0.39 is 5.41 Å². The standard InChI is InChI=1S/C17H23BrO3/c1-16(15(20)21-2,13-5-3-6-14(18)11-13)7-4-8-17(12-19)9-10-17/h3,5-6,11,19H,4,7-10,12H2,1-2H3. The van der Waals surface area contributed by atoms with E-state index in [1.54, 1.807) is 0 Å². The Balaban J connectivity index is 2.11. The summed E-state index contributed by atoms with van der Waals surface area (Å²) in [5, 5.41) is 9.40. The normalized spacial score (nSPS) is 18.9. The SMILES string of the molecule is COC(=O)C(C)(CCCC1(CO)CC1)c1cccc(Br)c1. The molecule has 0 aromatic heterocycles. The summed E-state index contributed by atoms with van der Waals surface area (Å²) in [7, 11) is 1.44. The molecule has 0 bridgehead atoms. The zero-order chi connectivity index (χ0) is 15.5. The number of methoxy groups -OCH3 is 1. The van der Waals surface area contributed by atoms with E-state index in [1.807, 2.05) is 31.2 Å². The van der Waals surface area contributed by atoms with Gasteiger partial charge in [-0.2, -0.15) is 0 Å². The highest BCUT2D eigenvalue weighted by atomic mass is 79.9. The van der Waals surface area contributed by atoms with Crippen molar-refractivity contribution >= 4 is 21.9 Å². The third kappa shape index (κ3) is 3.67. The lowest BCUT2D eigenvalue weighted by atomic mass is 9.77. The van der Waals surface area contributed by atoms with E-state index >= 15 is 0 Å². The minimum Gasteiger partial charge on any atom is -0.468 e. The van der Waals surface area contributed by atoms with Gasteiger partial charge in [0.1, 0.15) is 0 Å². The van der Waals surface area contributed by atoms with Crippen LogP contribution >= 0.6 is 15.9 Å². The predicted octanol–water partition coefficient (Wildman–Crippen LogP) is 3.82. The number of esters is 1.